The summed E-state index contributed by atoms with van der Waals surface area (Å²) >= 11 is 6.62. The summed E-state index contributed by atoms with van der Waals surface area (Å²) in [6, 6.07) is 4.72. The number of hydrogen-bond donors (Lipinski definition) is 0. The molecule has 116 valence electrons. The van der Waals surface area contributed by atoms with Crippen molar-refractivity contribution in [3.63, 3.8) is 0 Å². The molecule has 1 aromatic rings. The molecule has 3 rings (SSSR count). The van der Waals surface area contributed by atoms with Crippen LogP contribution >= 0.6 is 11.6 Å². The zero-order valence-corrected chi connectivity index (χ0v) is 13.8. The second kappa shape index (κ2) is 6.05. The Morgan fingerprint density at radius 2 is 1.95 bits per heavy atom. The van der Waals surface area contributed by atoms with Gasteiger partial charge in [0.2, 0.25) is 0 Å². The molecular weight excluding hydrogens is 286 g/mol. The second-order valence-electron chi connectivity index (χ2n) is 6.09. The molecule has 0 bridgehead atoms. The molecule has 21 heavy (non-hydrogen) atoms. The van der Waals surface area contributed by atoms with Crippen LogP contribution < -0.4 is 9.47 Å². The van der Waals surface area contributed by atoms with Crippen molar-refractivity contribution in [3.05, 3.63) is 23.3 Å². The minimum absolute atomic E-state index is 0.273. The molecule has 0 saturated carbocycles. The average molecular weight is 310 g/mol. The van der Waals surface area contributed by atoms with Crippen LogP contribution in [0.4, 0.5) is 0 Å². The van der Waals surface area contributed by atoms with Gasteiger partial charge in [-0.05, 0) is 42.0 Å². The Bertz CT molecular complexity index is 520. The monoisotopic (exact) mass is 309 g/mol. The summed E-state index contributed by atoms with van der Waals surface area (Å²) in [6.07, 6.45) is 3.27. The fourth-order valence-electron chi connectivity index (χ4n) is 3.78. The van der Waals surface area contributed by atoms with Gasteiger partial charge in [0.1, 0.15) is 0 Å². The first-order valence-corrected chi connectivity index (χ1v) is 8.24. The highest BCUT2D eigenvalue weighted by atomic mass is 35.5. The Morgan fingerprint density at radius 3 is 2.62 bits per heavy atom. The van der Waals surface area contributed by atoms with Crippen molar-refractivity contribution in [3.8, 4) is 11.5 Å². The number of hydrogen-bond acceptors (Lipinski definition) is 3. The number of methoxy groups -OCH3 is 2. The van der Waals surface area contributed by atoms with Gasteiger partial charge in [0.15, 0.2) is 11.5 Å². The van der Waals surface area contributed by atoms with Gasteiger partial charge in [-0.1, -0.05) is 13.3 Å². The van der Waals surface area contributed by atoms with E-state index in [1.54, 1.807) is 14.2 Å². The summed E-state index contributed by atoms with van der Waals surface area (Å²) in [5, 5.41) is 0.273. The number of piperidine rings is 1. The number of ether oxygens (including phenoxy) is 2. The molecule has 1 saturated heterocycles. The summed E-state index contributed by atoms with van der Waals surface area (Å²) in [6.45, 7) is 4.47. The highest BCUT2D eigenvalue weighted by Crippen LogP contribution is 2.44. The van der Waals surface area contributed by atoms with Gasteiger partial charge >= 0.3 is 0 Å². The first-order valence-electron chi connectivity index (χ1n) is 7.80. The van der Waals surface area contributed by atoms with Crippen LogP contribution in [0, 0.1) is 5.92 Å². The quantitative estimate of drug-likeness (QED) is 0.796. The van der Waals surface area contributed by atoms with Gasteiger partial charge in [-0.25, -0.2) is 0 Å². The first-order chi connectivity index (χ1) is 10.2. The molecule has 0 aromatic heterocycles. The second-order valence-corrected chi connectivity index (χ2v) is 6.65. The van der Waals surface area contributed by atoms with E-state index in [1.165, 1.54) is 11.1 Å². The summed E-state index contributed by atoms with van der Waals surface area (Å²) in [5.41, 5.74) is 2.76. The minimum atomic E-state index is 0.273. The van der Waals surface area contributed by atoms with Crippen molar-refractivity contribution in [1.82, 2.24) is 4.90 Å². The number of fused-ring (bicyclic) bond motifs is 3. The van der Waals surface area contributed by atoms with Gasteiger partial charge in [-0.2, -0.15) is 0 Å². The standard InChI is InChI=1S/C17H24ClNO2/c1-4-11-10-19-6-5-12-7-16(20-2)17(21-3)8-13(12)15(19)9-14(11)18/h7-8,11,14-15H,4-6,9-10H2,1-3H3/t11-,14-,15-/m0/s1. The molecular formula is C17H24ClNO2. The molecule has 3 atom stereocenters. The maximum atomic E-state index is 6.62. The Labute approximate surface area is 132 Å². The Kier molecular flexibility index (Phi) is 4.32. The molecule has 1 fully saturated rings. The average Bonchev–Trinajstić information content (AvgIpc) is 2.52. The van der Waals surface area contributed by atoms with Gasteiger partial charge in [0, 0.05) is 24.5 Å². The third-order valence-corrected chi connectivity index (χ3v) is 5.60. The van der Waals surface area contributed by atoms with Crippen LogP contribution in [0.15, 0.2) is 12.1 Å². The van der Waals surface area contributed by atoms with E-state index < -0.39 is 0 Å². The molecule has 3 nitrogen and oxygen atoms in total. The maximum absolute atomic E-state index is 6.62. The van der Waals surface area contributed by atoms with Crippen LogP contribution in [0.3, 0.4) is 0 Å². The third-order valence-electron chi connectivity index (χ3n) is 5.07. The molecule has 0 aliphatic carbocycles. The zero-order valence-electron chi connectivity index (χ0n) is 13.1. The van der Waals surface area contributed by atoms with Crippen molar-refractivity contribution >= 4 is 11.6 Å². The normalized spacial score (nSPS) is 28.7. The van der Waals surface area contributed by atoms with Gasteiger partial charge in [-0.15, -0.1) is 11.6 Å². The minimum Gasteiger partial charge on any atom is -0.493 e. The van der Waals surface area contributed by atoms with E-state index >= 15 is 0 Å². The molecule has 4 heteroatoms. The smallest absolute Gasteiger partial charge is 0.161 e. The van der Waals surface area contributed by atoms with Crippen LogP contribution in [-0.2, 0) is 6.42 Å². The molecule has 0 spiro atoms. The fourth-order valence-corrected chi connectivity index (χ4v) is 4.21. The number of nitrogens with zero attached hydrogens (tertiary/aromatic N) is 1. The van der Waals surface area contributed by atoms with Crippen molar-refractivity contribution in [1.29, 1.82) is 0 Å². The van der Waals surface area contributed by atoms with Crippen LogP contribution in [-0.4, -0.2) is 37.6 Å². The van der Waals surface area contributed by atoms with Crippen molar-refractivity contribution < 1.29 is 9.47 Å². The van der Waals surface area contributed by atoms with Crippen LogP contribution in [0.1, 0.15) is 36.9 Å². The SMILES string of the molecule is CC[C@H]1CN2CCc3cc(OC)c(OC)cc3[C@@H]2C[C@@H]1Cl. The first kappa shape index (κ1) is 15.0. The topological polar surface area (TPSA) is 21.7 Å². The predicted octanol–water partition coefficient (Wildman–Crippen LogP) is 3.64. The Hall–Kier alpha value is -0.930. The number of halogens is 1. The van der Waals surface area contributed by atoms with E-state index in [-0.39, 0.29) is 5.38 Å². The zero-order chi connectivity index (χ0) is 15.0. The highest BCUT2D eigenvalue weighted by Gasteiger charge is 2.37. The third kappa shape index (κ3) is 2.62. The molecule has 0 radical (unpaired) electrons. The molecule has 0 N–H and O–H groups in total. The van der Waals surface area contributed by atoms with E-state index in [9.17, 15) is 0 Å². The lowest BCUT2D eigenvalue weighted by Crippen LogP contribution is -2.46. The molecule has 2 aliphatic heterocycles. The number of benzene rings is 1. The lowest BCUT2D eigenvalue weighted by Gasteiger charge is -2.45. The lowest BCUT2D eigenvalue weighted by atomic mass is 9.82. The van der Waals surface area contributed by atoms with Gasteiger partial charge in [0.25, 0.3) is 0 Å². The van der Waals surface area contributed by atoms with E-state index in [1.807, 2.05) is 0 Å². The summed E-state index contributed by atoms with van der Waals surface area (Å²) in [5.74, 6) is 2.26. The van der Waals surface area contributed by atoms with Crippen molar-refractivity contribution in [2.75, 3.05) is 27.3 Å². The Morgan fingerprint density at radius 1 is 1.24 bits per heavy atom. The molecule has 0 amide bonds. The van der Waals surface area contributed by atoms with Crippen molar-refractivity contribution in [2.45, 2.75) is 37.6 Å². The Balaban J connectivity index is 1.95. The lowest BCUT2D eigenvalue weighted by molar-refractivity contribution is 0.0997. The molecule has 0 unspecified atom stereocenters. The predicted molar refractivity (Wildman–Crippen MR) is 85.6 cm³/mol. The molecule has 2 aliphatic rings. The van der Waals surface area contributed by atoms with Gasteiger partial charge in [0.05, 0.1) is 14.2 Å². The van der Waals surface area contributed by atoms with E-state index in [2.05, 4.69) is 24.0 Å². The number of alkyl halides is 1. The van der Waals surface area contributed by atoms with E-state index in [0.717, 1.165) is 43.9 Å². The largest absolute Gasteiger partial charge is 0.493 e. The van der Waals surface area contributed by atoms with Gasteiger partial charge < -0.3 is 9.47 Å². The summed E-state index contributed by atoms with van der Waals surface area (Å²) in [7, 11) is 3.39. The maximum Gasteiger partial charge on any atom is 0.161 e. The van der Waals surface area contributed by atoms with Gasteiger partial charge in [-0.3, -0.25) is 4.90 Å². The van der Waals surface area contributed by atoms with Crippen LogP contribution in [0.2, 0.25) is 0 Å². The molecule has 2 heterocycles. The van der Waals surface area contributed by atoms with E-state index in [0.29, 0.717) is 12.0 Å². The van der Waals surface area contributed by atoms with Crippen LogP contribution in [0.25, 0.3) is 0 Å². The number of rotatable bonds is 3. The van der Waals surface area contributed by atoms with Crippen LogP contribution in [0.5, 0.6) is 11.5 Å². The summed E-state index contributed by atoms with van der Waals surface area (Å²) < 4.78 is 10.9. The van der Waals surface area contributed by atoms with Crippen molar-refractivity contribution in [2.24, 2.45) is 5.92 Å². The highest BCUT2D eigenvalue weighted by molar-refractivity contribution is 6.20. The summed E-state index contributed by atoms with van der Waals surface area (Å²) in [4.78, 5) is 2.60. The molecule has 1 aromatic carbocycles. The fraction of sp³-hybridized carbons (Fsp3) is 0.647. The van der Waals surface area contributed by atoms with E-state index in [4.69, 9.17) is 21.1 Å².